The third-order valence-electron chi connectivity index (χ3n) is 5.37. The Bertz CT molecular complexity index is 713. The Morgan fingerprint density at radius 2 is 1.90 bits per heavy atom. The molecule has 0 radical (unpaired) electrons. The Kier molecular flexibility index (Phi) is 13.2. The first-order valence-electron chi connectivity index (χ1n) is 11.2. The topological polar surface area (TPSA) is 100 Å². The van der Waals surface area contributed by atoms with Crippen molar-refractivity contribution in [3.05, 3.63) is 27.6 Å². The van der Waals surface area contributed by atoms with Crippen LogP contribution in [0, 0.1) is 11.8 Å². The van der Waals surface area contributed by atoms with Crippen LogP contribution in [0.4, 0.5) is 5.69 Å². The molecule has 1 aromatic heterocycles. The summed E-state index contributed by atoms with van der Waals surface area (Å²) < 4.78 is 5.60. The van der Waals surface area contributed by atoms with Gasteiger partial charge in [0.25, 0.3) is 5.56 Å². The fourth-order valence-corrected chi connectivity index (χ4v) is 3.75. The largest absolute Gasteiger partial charge is 0.376 e. The van der Waals surface area contributed by atoms with E-state index in [1.54, 1.807) is 0 Å². The molecule has 0 aromatic carbocycles. The lowest BCUT2D eigenvalue weighted by Crippen LogP contribution is -2.38. The van der Waals surface area contributed by atoms with E-state index < -0.39 is 5.56 Å². The van der Waals surface area contributed by atoms with E-state index >= 15 is 0 Å². The zero-order chi connectivity index (χ0) is 23.2. The summed E-state index contributed by atoms with van der Waals surface area (Å²) in [4.78, 5) is 33.7. The molecule has 2 saturated carbocycles. The predicted octanol–water partition coefficient (Wildman–Crippen LogP) is 4.51. The standard InChI is InChI=1S/C10H19NO2.C7H14.C6H5ClN2O2/c1-7-4-10(5-7)13-6-8(2)11-9(3)12;1-7-5-3-2-4-6-7;7-5-4(9-3-10)1-2-8-6(5)11/h7-8,10H,4-6H2,1-3H3,(H,11,12);7H,2-6H2,1H3;1-3H,(H2,8,9,10,11)/t7?,8-,10?;;/m0../s1. The van der Waals surface area contributed by atoms with Gasteiger partial charge >= 0.3 is 0 Å². The van der Waals surface area contributed by atoms with Crippen LogP contribution in [0.25, 0.3) is 0 Å². The number of ether oxygens (including phenoxy) is 1. The zero-order valence-corrected chi connectivity index (χ0v) is 20.0. The molecule has 31 heavy (non-hydrogen) atoms. The third kappa shape index (κ3) is 11.9. The number of aromatic nitrogens is 1. The van der Waals surface area contributed by atoms with E-state index in [9.17, 15) is 14.4 Å². The molecule has 3 rings (SSSR count). The first kappa shape index (κ1) is 27.2. The second kappa shape index (κ2) is 15.0. The summed E-state index contributed by atoms with van der Waals surface area (Å²) in [6, 6.07) is 1.63. The number of hydrogen-bond acceptors (Lipinski definition) is 4. The number of carbonyl (C=O) groups excluding carboxylic acids is 2. The van der Waals surface area contributed by atoms with Crippen molar-refractivity contribution in [1.29, 1.82) is 0 Å². The van der Waals surface area contributed by atoms with E-state index in [1.165, 1.54) is 64.1 Å². The minimum Gasteiger partial charge on any atom is -0.376 e. The predicted molar refractivity (Wildman–Crippen MR) is 125 cm³/mol. The summed E-state index contributed by atoms with van der Waals surface area (Å²) in [5, 5.41) is 5.06. The number of anilines is 1. The molecule has 0 saturated heterocycles. The normalized spacial score (nSPS) is 21.2. The van der Waals surface area contributed by atoms with Crippen molar-refractivity contribution in [2.75, 3.05) is 11.9 Å². The molecule has 0 unspecified atom stereocenters. The lowest BCUT2D eigenvalue weighted by molar-refractivity contribution is -0.120. The van der Waals surface area contributed by atoms with Crippen LogP contribution in [0.1, 0.15) is 72.6 Å². The second-order valence-corrected chi connectivity index (χ2v) is 9.05. The van der Waals surface area contributed by atoms with Crippen LogP contribution in [0.2, 0.25) is 5.02 Å². The van der Waals surface area contributed by atoms with E-state index in [0.29, 0.717) is 24.8 Å². The third-order valence-corrected chi connectivity index (χ3v) is 5.75. The van der Waals surface area contributed by atoms with Crippen LogP contribution in [-0.4, -0.2) is 36.1 Å². The van der Waals surface area contributed by atoms with E-state index in [2.05, 4.69) is 29.5 Å². The molecule has 2 aliphatic rings. The Morgan fingerprint density at radius 3 is 2.39 bits per heavy atom. The van der Waals surface area contributed by atoms with Crippen molar-refractivity contribution >= 4 is 29.6 Å². The van der Waals surface area contributed by atoms with Gasteiger partial charge in [-0.3, -0.25) is 14.4 Å². The number of amides is 2. The van der Waals surface area contributed by atoms with Crippen LogP contribution in [-0.2, 0) is 14.3 Å². The highest BCUT2D eigenvalue weighted by molar-refractivity contribution is 6.33. The molecule has 0 spiro atoms. The maximum Gasteiger partial charge on any atom is 0.268 e. The summed E-state index contributed by atoms with van der Waals surface area (Å²) in [5.41, 5.74) is -0.107. The number of nitrogens with one attached hydrogen (secondary N) is 3. The van der Waals surface area contributed by atoms with Gasteiger partial charge in [-0.1, -0.05) is 57.6 Å². The van der Waals surface area contributed by atoms with Gasteiger partial charge in [-0.15, -0.1) is 0 Å². The molecule has 2 fully saturated rings. The highest BCUT2D eigenvalue weighted by Crippen LogP contribution is 2.29. The molecule has 3 N–H and O–H groups in total. The lowest BCUT2D eigenvalue weighted by Gasteiger charge is -2.33. The maximum absolute atomic E-state index is 10.8. The van der Waals surface area contributed by atoms with Gasteiger partial charge in [0.2, 0.25) is 12.3 Å². The van der Waals surface area contributed by atoms with Crippen LogP contribution in [0.15, 0.2) is 17.1 Å². The van der Waals surface area contributed by atoms with Crippen molar-refractivity contribution in [2.45, 2.75) is 84.8 Å². The molecule has 0 bridgehead atoms. The number of H-pyrrole nitrogens is 1. The van der Waals surface area contributed by atoms with Crippen molar-refractivity contribution in [2.24, 2.45) is 11.8 Å². The Morgan fingerprint density at radius 1 is 1.26 bits per heavy atom. The monoisotopic (exact) mass is 455 g/mol. The summed E-state index contributed by atoms with van der Waals surface area (Å²) in [6.07, 6.45) is 12.1. The van der Waals surface area contributed by atoms with Crippen LogP contribution >= 0.6 is 11.6 Å². The maximum atomic E-state index is 10.8. The van der Waals surface area contributed by atoms with Gasteiger partial charge in [0.1, 0.15) is 5.02 Å². The minimum atomic E-state index is -0.418. The number of aromatic amines is 1. The van der Waals surface area contributed by atoms with Crippen LogP contribution in [0.3, 0.4) is 0 Å². The molecule has 7 nitrogen and oxygen atoms in total. The first-order chi connectivity index (χ1) is 14.7. The highest BCUT2D eigenvalue weighted by atomic mass is 35.5. The summed E-state index contributed by atoms with van der Waals surface area (Å²) in [6.45, 7) is 8.72. The van der Waals surface area contributed by atoms with Crippen molar-refractivity contribution < 1.29 is 14.3 Å². The van der Waals surface area contributed by atoms with E-state index in [-0.39, 0.29) is 17.0 Å². The first-order valence-corrected chi connectivity index (χ1v) is 11.6. The zero-order valence-electron chi connectivity index (χ0n) is 19.2. The average molecular weight is 456 g/mol. The molecule has 0 aliphatic heterocycles. The molecule has 1 atom stereocenters. The Labute approximate surface area is 190 Å². The highest BCUT2D eigenvalue weighted by Gasteiger charge is 2.26. The van der Waals surface area contributed by atoms with Gasteiger partial charge in [0.05, 0.1) is 18.4 Å². The molecular formula is C23H38ClN3O4. The number of carbonyl (C=O) groups is 2. The van der Waals surface area contributed by atoms with Crippen molar-refractivity contribution in [3.8, 4) is 0 Å². The quantitative estimate of drug-likeness (QED) is 0.549. The van der Waals surface area contributed by atoms with Crippen molar-refractivity contribution in [3.63, 3.8) is 0 Å². The molecule has 2 aliphatic carbocycles. The van der Waals surface area contributed by atoms with Gasteiger partial charge < -0.3 is 20.4 Å². The molecule has 1 aromatic rings. The lowest BCUT2D eigenvalue weighted by atomic mass is 9.84. The molecule has 8 heteroatoms. The molecule has 176 valence electrons. The average Bonchev–Trinajstić information content (AvgIpc) is 2.69. The van der Waals surface area contributed by atoms with Crippen molar-refractivity contribution in [1.82, 2.24) is 10.3 Å². The molecule has 2 amide bonds. The summed E-state index contributed by atoms with van der Waals surface area (Å²) >= 11 is 5.51. The Hall–Kier alpha value is -1.86. The van der Waals surface area contributed by atoms with E-state index in [4.69, 9.17) is 16.3 Å². The number of pyridine rings is 1. The van der Waals surface area contributed by atoms with Crippen LogP contribution in [0.5, 0.6) is 0 Å². The number of rotatable bonds is 6. The van der Waals surface area contributed by atoms with Gasteiger partial charge in [0, 0.05) is 19.2 Å². The summed E-state index contributed by atoms with van der Waals surface area (Å²) in [7, 11) is 0. The SMILES string of the molecule is CC(=O)N[C@@H](C)COC1CC(C)C1.CC1CCCCC1.O=CNc1cc[nH]c(=O)c1Cl. The van der Waals surface area contributed by atoms with Gasteiger partial charge in [-0.25, -0.2) is 0 Å². The number of halogens is 1. The molecular weight excluding hydrogens is 418 g/mol. The summed E-state index contributed by atoms with van der Waals surface area (Å²) in [5.74, 6) is 1.87. The smallest absolute Gasteiger partial charge is 0.268 e. The van der Waals surface area contributed by atoms with Gasteiger partial charge in [-0.2, -0.15) is 0 Å². The Balaban J connectivity index is 0.000000242. The van der Waals surface area contributed by atoms with Gasteiger partial charge in [0.15, 0.2) is 0 Å². The fraction of sp³-hybridized carbons (Fsp3) is 0.696. The van der Waals surface area contributed by atoms with Crippen LogP contribution < -0.4 is 16.2 Å². The molecule has 1 heterocycles. The fourth-order valence-electron chi connectivity index (χ4n) is 3.57. The second-order valence-electron chi connectivity index (χ2n) is 8.67. The minimum absolute atomic E-state index is 0.0121. The van der Waals surface area contributed by atoms with Gasteiger partial charge in [-0.05, 0) is 37.7 Å². The van der Waals surface area contributed by atoms with E-state index in [1.807, 2.05) is 6.92 Å². The van der Waals surface area contributed by atoms with E-state index in [0.717, 1.165) is 11.8 Å². The number of hydrogen-bond donors (Lipinski definition) is 3.